The Kier molecular flexibility index (Phi) is 2.39. The molecule has 0 amide bonds. The van der Waals surface area contributed by atoms with Gasteiger partial charge in [0, 0.05) is 18.1 Å². The molecule has 3 nitrogen and oxygen atoms in total. The van der Waals surface area contributed by atoms with Crippen LogP contribution in [0.4, 0.5) is 5.69 Å². The molecular formula is C12H17N3. The van der Waals surface area contributed by atoms with Crippen molar-refractivity contribution in [3.8, 4) is 0 Å². The van der Waals surface area contributed by atoms with Gasteiger partial charge in [-0.2, -0.15) is 0 Å². The average Bonchev–Trinajstić information content (AvgIpc) is 2.60. The van der Waals surface area contributed by atoms with Crippen LogP contribution in [0.2, 0.25) is 0 Å². The molecule has 2 rings (SSSR count). The van der Waals surface area contributed by atoms with E-state index >= 15 is 0 Å². The maximum absolute atomic E-state index is 5.79. The average molecular weight is 203 g/mol. The molecule has 0 saturated heterocycles. The molecule has 2 aromatic heterocycles. The minimum Gasteiger partial charge on any atom is -0.398 e. The summed E-state index contributed by atoms with van der Waals surface area (Å²) in [4.78, 5) is 4.63. The molecule has 1 atom stereocenters. The minimum absolute atomic E-state index is 0.505. The molecule has 0 radical (unpaired) electrons. The second-order valence-electron chi connectivity index (χ2n) is 4.16. The number of nitrogen functional groups attached to an aromatic ring is 1. The van der Waals surface area contributed by atoms with Crippen LogP contribution in [0.5, 0.6) is 0 Å². The van der Waals surface area contributed by atoms with Crippen molar-refractivity contribution in [3.05, 3.63) is 29.7 Å². The lowest BCUT2D eigenvalue weighted by atomic mass is 10.1. The molecule has 0 spiro atoms. The first kappa shape index (κ1) is 10.0. The number of aryl methyl sites for hydroxylation is 1. The molecule has 3 heteroatoms. The molecule has 80 valence electrons. The van der Waals surface area contributed by atoms with Gasteiger partial charge in [0.05, 0.1) is 5.69 Å². The zero-order valence-electron chi connectivity index (χ0n) is 9.49. The van der Waals surface area contributed by atoms with Gasteiger partial charge in [-0.25, -0.2) is 4.98 Å². The van der Waals surface area contributed by atoms with E-state index in [1.807, 2.05) is 23.6 Å². The van der Waals surface area contributed by atoms with Crippen LogP contribution in [0.25, 0.3) is 5.65 Å². The zero-order valence-corrected chi connectivity index (χ0v) is 9.49. The first-order valence-corrected chi connectivity index (χ1v) is 5.36. The van der Waals surface area contributed by atoms with Crippen LogP contribution in [0.3, 0.4) is 0 Å². The standard InChI is InChI=1S/C12H17N3/c1-4-8(2)11-7-15-6-10(13)5-9(3)12(15)14-11/h5-8H,4,13H2,1-3H3. The Bertz CT molecular complexity index is 485. The highest BCUT2D eigenvalue weighted by molar-refractivity contribution is 5.55. The van der Waals surface area contributed by atoms with Crippen molar-refractivity contribution in [2.45, 2.75) is 33.1 Å². The van der Waals surface area contributed by atoms with E-state index in [-0.39, 0.29) is 0 Å². The van der Waals surface area contributed by atoms with Crippen LogP contribution in [-0.4, -0.2) is 9.38 Å². The quantitative estimate of drug-likeness (QED) is 0.815. The number of imidazole rings is 1. The van der Waals surface area contributed by atoms with E-state index in [2.05, 4.69) is 25.0 Å². The van der Waals surface area contributed by atoms with E-state index in [1.165, 1.54) is 0 Å². The maximum atomic E-state index is 5.79. The Balaban J connectivity index is 2.60. The Morgan fingerprint density at radius 1 is 1.47 bits per heavy atom. The number of hydrogen-bond acceptors (Lipinski definition) is 2. The van der Waals surface area contributed by atoms with Crippen LogP contribution in [-0.2, 0) is 0 Å². The lowest BCUT2D eigenvalue weighted by molar-refractivity contribution is 0.714. The van der Waals surface area contributed by atoms with Crippen LogP contribution in [0.1, 0.15) is 37.4 Å². The first-order chi connectivity index (χ1) is 7.11. The molecule has 2 aromatic rings. The lowest BCUT2D eigenvalue weighted by Crippen LogP contribution is -1.92. The van der Waals surface area contributed by atoms with Gasteiger partial charge in [0.25, 0.3) is 0 Å². The Morgan fingerprint density at radius 2 is 2.20 bits per heavy atom. The lowest BCUT2D eigenvalue weighted by Gasteiger charge is -2.01. The molecule has 0 aliphatic rings. The predicted molar refractivity (Wildman–Crippen MR) is 63.0 cm³/mol. The third kappa shape index (κ3) is 1.69. The van der Waals surface area contributed by atoms with Crippen LogP contribution >= 0.6 is 0 Å². The maximum Gasteiger partial charge on any atom is 0.140 e. The highest BCUT2D eigenvalue weighted by Crippen LogP contribution is 2.21. The van der Waals surface area contributed by atoms with Gasteiger partial charge in [-0.1, -0.05) is 13.8 Å². The van der Waals surface area contributed by atoms with Gasteiger partial charge in [-0.15, -0.1) is 0 Å². The Labute approximate surface area is 89.9 Å². The fraction of sp³-hybridized carbons (Fsp3) is 0.417. The van der Waals surface area contributed by atoms with Crippen molar-refractivity contribution in [3.63, 3.8) is 0 Å². The summed E-state index contributed by atoms with van der Waals surface area (Å²) in [5.41, 5.74) is 9.87. The monoisotopic (exact) mass is 203 g/mol. The zero-order chi connectivity index (χ0) is 11.0. The van der Waals surface area contributed by atoms with Crippen molar-refractivity contribution in [1.82, 2.24) is 9.38 Å². The number of nitrogens with two attached hydrogens (primary N) is 1. The summed E-state index contributed by atoms with van der Waals surface area (Å²) in [6.45, 7) is 6.41. The summed E-state index contributed by atoms with van der Waals surface area (Å²) >= 11 is 0. The number of pyridine rings is 1. The number of anilines is 1. The fourth-order valence-electron chi connectivity index (χ4n) is 1.76. The number of aromatic nitrogens is 2. The third-order valence-corrected chi connectivity index (χ3v) is 2.89. The van der Waals surface area contributed by atoms with E-state index in [0.717, 1.165) is 29.0 Å². The van der Waals surface area contributed by atoms with E-state index in [4.69, 9.17) is 5.73 Å². The molecular weight excluding hydrogens is 186 g/mol. The summed E-state index contributed by atoms with van der Waals surface area (Å²) in [6, 6.07) is 1.96. The van der Waals surface area contributed by atoms with Gasteiger partial charge in [0.1, 0.15) is 5.65 Å². The highest BCUT2D eigenvalue weighted by Gasteiger charge is 2.09. The van der Waals surface area contributed by atoms with Crippen molar-refractivity contribution in [2.24, 2.45) is 0 Å². The van der Waals surface area contributed by atoms with Crippen molar-refractivity contribution in [2.75, 3.05) is 5.73 Å². The summed E-state index contributed by atoms with van der Waals surface area (Å²) < 4.78 is 2.02. The first-order valence-electron chi connectivity index (χ1n) is 5.36. The fourth-order valence-corrected chi connectivity index (χ4v) is 1.76. The van der Waals surface area contributed by atoms with Gasteiger partial charge in [-0.05, 0) is 30.9 Å². The van der Waals surface area contributed by atoms with Gasteiger partial charge >= 0.3 is 0 Å². The van der Waals surface area contributed by atoms with Gasteiger partial charge in [-0.3, -0.25) is 0 Å². The van der Waals surface area contributed by atoms with E-state index in [9.17, 15) is 0 Å². The molecule has 0 saturated carbocycles. The number of nitrogens with zero attached hydrogens (tertiary/aromatic N) is 2. The topological polar surface area (TPSA) is 43.3 Å². The van der Waals surface area contributed by atoms with Crippen molar-refractivity contribution >= 4 is 11.3 Å². The summed E-state index contributed by atoms with van der Waals surface area (Å²) in [6.07, 6.45) is 5.10. The molecule has 0 aliphatic carbocycles. The largest absolute Gasteiger partial charge is 0.398 e. The van der Waals surface area contributed by atoms with E-state index in [0.29, 0.717) is 5.92 Å². The number of rotatable bonds is 2. The molecule has 1 unspecified atom stereocenters. The number of hydrogen-bond donors (Lipinski definition) is 1. The van der Waals surface area contributed by atoms with E-state index < -0.39 is 0 Å². The Morgan fingerprint density at radius 3 is 2.87 bits per heavy atom. The summed E-state index contributed by atoms with van der Waals surface area (Å²) in [5.74, 6) is 0.505. The molecule has 0 aliphatic heterocycles. The van der Waals surface area contributed by atoms with Crippen LogP contribution in [0, 0.1) is 6.92 Å². The molecule has 0 bridgehead atoms. The highest BCUT2D eigenvalue weighted by atomic mass is 15.0. The van der Waals surface area contributed by atoms with Crippen LogP contribution in [0.15, 0.2) is 18.5 Å². The number of fused-ring (bicyclic) bond motifs is 1. The molecule has 2 heterocycles. The Hall–Kier alpha value is -1.51. The van der Waals surface area contributed by atoms with Crippen LogP contribution < -0.4 is 5.73 Å². The predicted octanol–water partition coefficient (Wildman–Crippen LogP) is 2.74. The molecule has 15 heavy (non-hydrogen) atoms. The summed E-state index contributed by atoms with van der Waals surface area (Å²) in [5, 5.41) is 0. The molecule has 0 fully saturated rings. The summed E-state index contributed by atoms with van der Waals surface area (Å²) in [7, 11) is 0. The van der Waals surface area contributed by atoms with Gasteiger partial charge in [0.15, 0.2) is 0 Å². The van der Waals surface area contributed by atoms with Gasteiger partial charge < -0.3 is 10.1 Å². The molecule has 0 aromatic carbocycles. The van der Waals surface area contributed by atoms with E-state index in [1.54, 1.807) is 0 Å². The van der Waals surface area contributed by atoms with Crippen molar-refractivity contribution in [1.29, 1.82) is 0 Å². The van der Waals surface area contributed by atoms with Gasteiger partial charge in [0.2, 0.25) is 0 Å². The minimum atomic E-state index is 0.505. The normalized spacial score (nSPS) is 13.3. The third-order valence-electron chi connectivity index (χ3n) is 2.89. The second-order valence-corrected chi connectivity index (χ2v) is 4.16. The second kappa shape index (κ2) is 3.57. The van der Waals surface area contributed by atoms with Crippen molar-refractivity contribution < 1.29 is 0 Å². The smallest absolute Gasteiger partial charge is 0.140 e. The molecule has 2 N–H and O–H groups in total. The SMILES string of the molecule is CCC(C)c1cn2cc(N)cc(C)c2n1.